The second-order valence-electron chi connectivity index (χ2n) is 35.2. The number of nitrogens with zero attached hydrogens (tertiary/aromatic N) is 3. The van der Waals surface area contributed by atoms with Crippen LogP contribution in [0.1, 0.15) is 197 Å². The van der Waals surface area contributed by atoms with Crippen molar-refractivity contribution in [1.82, 2.24) is 73.3 Å². The largest absolute Gasteiger partial charge is 0.508 e. The van der Waals surface area contributed by atoms with Gasteiger partial charge in [0.2, 0.25) is 53.2 Å². The number of phenols is 1. The molecule has 1 aromatic heterocycles. The number of nitrogens with one attached hydrogen (secondary N) is 11. The van der Waals surface area contributed by atoms with E-state index in [1.165, 1.54) is 36.3 Å². The molecule has 1 aliphatic heterocycles. The average Bonchev–Trinajstić information content (AvgIpc) is 1.28. The molecule has 0 aliphatic carbocycles. The minimum absolute atomic E-state index is 0.0155. The predicted octanol–water partition coefficient (Wildman–Crippen LogP) is 3.44. The molecule has 2 heterocycles. The van der Waals surface area contributed by atoms with E-state index in [0.29, 0.717) is 36.0 Å². The Hall–Kier alpha value is -12.1. The van der Waals surface area contributed by atoms with Crippen molar-refractivity contribution < 1.29 is 132 Å². The highest BCUT2D eigenvalue weighted by atomic mass is 33.1. The van der Waals surface area contributed by atoms with Gasteiger partial charge in [-0.25, -0.2) is 24.2 Å². The summed E-state index contributed by atoms with van der Waals surface area (Å²) in [5.41, 5.74) is 5.32. The number of likely N-dealkylation sites (tertiary alicyclic amines) is 1. The van der Waals surface area contributed by atoms with Gasteiger partial charge >= 0.3 is 47.8 Å². The Morgan fingerprint density at radius 2 is 1.18 bits per heavy atom. The Kier molecular flexibility index (Phi) is 48.0. The van der Waals surface area contributed by atoms with Gasteiger partial charge in [-0.05, 0) is 119 Å². The SMILES string of the molecule is CCCC(=O)OCN(C(=O)[C@@H](NC(=O)[C@H]1CCCCN1C)C(C)CC)[C@H](C[C@@H](O)c1nc(C(=O)N[C@@H](Cc2ccc(O)cc2)C[C@H](C)C(=O)NCC(=O)OCCSSC[C@H](NC(=O)[C@H](CC(=O)O)NC(=O)[C@@H](N)CNC(=O)[C@H](Cc2ccccc2)NC(=O)[C@H](Cc2ccccc2)NC(=O)C(C)(C)CC(C)(C)NC(=O)CC[C@H](NC(=O)N[C@@H](CCC(=O)O)C(=O)O)C(=O)O)C(=O)O)cs1)C(C)C. The molecular formula is C91H131N15O27S3. The van der Waals surface area contributed by atoms with E-state index in [1.807, 2.05) is 51.9 Å². The van der Waals surface area contributed by atoms with Crippen molar-refractivity contribution in [2.75, 3.05) is 51.5 Å². The summed E-state index contributed by atoms with van der Waals surface area (Å²) in [6, 6.07) is 7.25. The minimum Gasteiger partial charge on any atom is -0.508 e. The third-order valence-electron chi connectivity index (χ3n) is 22.4. The Morgan fingerprint density at radius 3 is 1.75 bits per heavy atom. The van der Waals surface area contributed by atoms with Gasteiger partial charge in [-0.3, -0.25) is 72.0 Å². The number of piperidine rings is 1. The van der Waals surface area contributed by atoms with Crippen LogP contribution in [0.25, 0.3) is 0 Å². The van der Waals surface area contributed by atoms with Crippen LogP contribution in [-0.2, 0) is 105 Å². The van der Waals surface area contributed by atoms with Gasteiger partial charge in [-0.1, -0.05) is 163 Å². The summed E-state index contributed by atoms with van der Waals surface area (Å²) in [5, 5.41) is 99.3. The molecule has 0 saturated carbocycles. The summed E-state index contributed by atoms with van der Waals surface area (Å²) in [5.74, 6) is -18.5. The van der Waals surface area contributed by atoms with E-state index in [9.17, 15) is 117 Å². The number of benzene rings is 3. The number of rotatable bonds is 60. The number of urea groups is 1. The molecule has 750 valence electrons. The molecule has 1 fully saturated rings. The Balaban J connectivity index is 1.14. The standard InChI is InChI=1S/C91H131N15O27S3/c1-12-22-73(114)133-50-106(84(123)75(52(5)13-2)103-82(122)67-27-20-21-36-105(67)11)68(51(3)4)44-69(108)83-99-65(47-134-83)81(121)95-57(40-56-28-30-58(107)31-29-56)39-53(6)76(116)94-46-74(115)132-37-38-135-136-48-66(87(128)129)98-80(120)64(43-72(112)113)96-77(117)59(92)45-93-78(118)62(41-54-23-16-14-17-24-54)97-79(119)63(42-55-25-18-15-19-26-55)100-88(130)90(7,8)49-91(9,10)104-70(109)34-32-60(85(124)125)101-89(131)102-61(86(126)127)33-35-71(110)111/h14-19,23-26,28-31,47,51-53,57,59-64,66-69,75,107-108H,12-13,20-22,27,32-46,48-50,92H2,1-11H3,(H,93,118)(H,94,116)(H,95,121)(H,96,117)(H,97,119)(H,98,120)(H,100,130)(H,103,122)(H,104,109)(H,110,111)(H,112,113)(H,124,125)(H,126,127)(H,128,129)(H2,101,102,131)/t52?,53-,57+,59-,60-,61-,62-,63-,64-,66-,67+,68+,69+,75-/m0/s1. The van der Waals surface area contributed by atoms with Gasteiger partial charge in [-0.15, -0.1) is 11.3 Å². The minimum atomic E-state index is -1.93. The van der Waals surface area contributed by atoms with Crippen LogP contribution in [0, 0.1) is 23.2 Å². The summed E-state index contributed by atoms with van der Waals surface area (Å²) in [4.78, 5) is 246. The summed E-state index contributed by atoms with van der Waals surface area (Å²) in [6.07, 6.45) is -1.30. The van der Waals surface area contributed by atoms with Gasteiger partial charge in [0.15, 0.2) is 6.73 Å². The Labute approximate surface area is 800 Å². The van der Waals surface area contributed by atoms with Crippen molar-refractivity contribution >= 4 is 140 Å². The molecule has 42 nitrogen and oxygen atoms in total. The van der Waals surface area contributed by atoms with Crippen LogP contribution >= 0.6 is 32.9 Å². The highest BCUT2D eigenvalue weighted by Gasteiger charge is 2.42. The molecule has 4 aromatic rings. The first-order chi connectivity index (χ1) is 64.1. The van der Waals surface area contributed by atoms with Crippen molar-refractivity contribution in [3.63, 3.8) is 0 Å². The van der Waals surface area contributed by atoms with E-state index in [-0.39, 0.29) is 97.3 Å². The number of aromatic nitrogens is 1. The molecule has 136 heavy (non-hydrogen) atoms. The van der Waals surface area contributed by atoms with Crippen LogP contribution in [0.5, 0.6) is 5.75 Å². The molecule has 12 amide bonds. The fourth-order valence-electron chi connectivity index (χ4n) is 14.9. The number of carbonyl (C=O) groups is 18. The zero-order chi connectivity index (χ0) is 101. The quantitative estimate of drug-likeness (QED) is 0.0130. The number of aliphatic hydroxyl groups excluding tert-OH is 1. The van der Waals surface area contributed by atoms with Crippen LogP contribution < -0.4 is 64.2 Å². The number of phenolic OH excluding ortho intramolecular Hbond substituents is 1. The monoisotopic (exact) mass is 1960 g/mol. The number of aromatic hydroxyl groups is 1. The highest BCUT2D eigenvalue weighted by Crippen LogP contribution is 2.32. The zero-order valence-electron chi connectivity index (χ0n) is 78.2. The number of carboxylic acids is 5. The van der Waals surface area contributed by atoms with Crippen molar-refractivity contribution in [1.29, 1.82) is 0 Å². The van der Waals surface area contributed by atoms with Gasteiger partial charge in [-0.2, -0.15) is 0 Å². The first-order valence-electron chi connectivity index (χ1n) is 44.8. The molecule has 0 bridgehead atoms. The molecule has 1 unspecified atom stereocenters. The molecule has 1 aliphatic rings. The van der Waals surface area contributed by atoms with Crippen LogP contribution in [-0.4, -0.2) is 281 Å². The second-order valence-corrected chi connectivity index (χ2v) is 38.7. The number of amides is 12. The lowest BCUT2D eigenvalue weighted by atomic mass is 9.79. The number of carboxylic acid groups (broad SMARTS) is 5. The zero-order valence-corrected chi connectivity index (χ0v) is 80.7. The van der Waals surface area contributed by atoms with Crippen LogP contribution in [0.15, 0.2) is 90.3 Å². The van der Waals surface area contributed by atoms with E-state index >= 15 is 0 Å². The topological polar surface area (TPSA) is 645 Å². The van der Waals surface area contributed by atoms with E-state index in [1.54, 1.807) is 93.6 Å². The number of thiazole rings is 1. The summed E-state index contributed by atoms with van der Waals surface area (Å²) >= 11 is 0.995. The molecule has 45 heteroatoms. The molecule has 14 atom stereocenters. The number of hydrogen-bond acceptors (Lipinski definition) is 28. The van der Waals surface area contributed by atoms with Crippen LogP contribution in [0.3, 0.4) is 0 Å². The van der Waals surface area contributed by atoms with Crippen LogP contribution in [0.2, 0.25) is 0 Å². The lowest BCUT2D eigenvalue weighted by Gasteiger charge is -2.39. The number of likely N-dealkylation sites (N-methyl/N-ethyl adjacent to an activating group) is 1. The molecule has 5 rings (SSSR count). The fourth-order valence-corrected chi connectivity index (χ4v) is 17.7. The maximum atomic E-state index is 14.9. The average molecular weight is 1960 g/mol. The fraction of sp³-hybridized carbons (Fsp3) is 0.571. The van der Waals surface area contributed by atoms with E-state index in [4.69, 9.17) is 20.3 Å². The summed E-state index contributed by atoms with van der Waals surface area (Å²) < 4.78 is 11.0. The number of carbonyl (C=O) groups excluding carboxylic acids is 13. The number of aliphatic hydroxyl groups is 1. The number of nitrogens with two attached hydrogens (primary N) is 1. The van der Waals surface area contributed by atoms with Crippen molar-refractivity contribution in [2.24, 2.45) is 28.9 Å². The maximum Gasteiger partial charge on any atom is 0.327 e. The molecule has 0 spiro atoms. The van der Waals surface area contributed by atoms with Crippen molar-refractivity contribution in [2.45, 2.75) is 256 Å². The highest BCUT2D eigenvalue weighted by molar-refractivity contribution is 8.76. The van der Waals surface area contributed by atoms with Gasteiger partial charge < -0.3 is 114 Å². The second kappa shape index (κ2) is 57.1. The third-order valence-corrected chi connectivity index (χ3v) is 25.7. The molecular weight excluding hydrogens is 1830 g/mol. The van der Waals surface area contributed by atoms with E-state index in [0.717, 1.165) is 52.3 Å². The van der Waals surface area contributed by atoms with Gasteiger partial charge in [0.05, 0.1) is 12.5 Å². The van der Waals surface area contributed by atoms with Gasteiger partial charge in [0.1, 0.15) is 84.0 Å². The first kappa shape index (κ1) is 114. The maximum absolute atomic E-state index is 14.9. The lowest BCUT2D eigenvalue weighted by Crippen LogP contribution is -2.59. The molecule has 0 radical (unpaired) electrons. The van der Waals surface area contributed by atoms with Gasteiger partial charge in [0.25, 0.3) is 5.91 Å². The first-order valence-corrected chi connectivity index (χ1v) is 48.2. The van der Waals surface area contributed by atoms with Gasteiger partial charge in [0, 0.05) is 90.9 Å². The predicted molar refractivity (Wildman–Crippen MR) is 501 cm³/mol. The summed E-state index contributed by atoms with van der Waals surface area (Å²) in [6.45, 7) is 15.8. The number of esters is 2. The lowest BCUT2D eigenvalue weighted by molar-refractivity contribution is -0.160. The normalized spacial score (nSPS) is 15.6. The number of aliphatic carboxylic acids is 5. The molecule has 1 saturated heterocycles. The number of ether oxygens (including phenoxy) is 2. The third kappa shape index (κ3) is 40.5. The van der Waals surface area contributed by atoms with Crippen molar-refractivity contribution in [3.8, 4) is 5.75 Å². The molecule has 20 N–H and O–H groups in total. The van der Waals surface area contributed by atoms with E-state index < -0.39 is 242 Å². The van der Waals surface area contributed by atoms with Crippen LogP contribution in [0.4, 0.5) is 4.79 Å². The number of hydrogen-bond donors (Lipinski definition) is 19. The van der Waals surface area contributed by atoms with E-state index in [2.05, 4.69) is 58.2 Å². The smallest absolute Gasteiger partial charge is 0.327 e. The molecule has 3 aromatic carbocycles. The Bertz CT molecular complexity index is 4710. The summed E-state index contributed by atoms with van der Waals surface area (Å²) in [7, 11) is 3.80. The Morgan fingerprint density at radius 1 is 0.610 bits per heavy atom. The van der Waals surface area contributed by atoms with Crippen molar-refractivity contribution in [3.05, 3.63) is 118 Å².